The Hall–Kier alpha value is -0.980. The molecule has 0 aliphatic rings. The van der Waals surface area contributed by atoms with Crippen molar-refractivity contribution in [1.82, 2.24) is 0 Å². The molecule has 1 nitrogen and oxygen atoms in total. The molecule has 1 unspecified atom stereocenters. The van der Waals surface area contributed by atoms with E-state index in [0.717, 1.165) is 6.42 Å². The summed E-state index contributed by atoms with van der Waals surface area (Å²) in [6.07, 6.45) is 2.31. The second kappa shape index (κ2) is 8.34. The van der Waals surface area contributed by atoms with Gasteiger partial charge in [-0.1, -0.05) is 61.5 Å². The van der Waals surface area contributed by atoms with Crippen LogP contribution in [-0.4, -0.2) is 5.11 Å². The van der Waals surface area contributed by atoms with Crippen LogP contribution in [-0.2, 0) is 5.41 Å². The molecule has 0 aliphatic heterocycles. The number of aromatic hydroxyl groups is 1. The third-order valence-electron chi connectivity index (χ3n) is 3.53. The SMILES string of the molecule is CC.CCC(CC(C)C)c1cc(O)cc(C(C)(C)C)c1. The van der Waals surface area contributed by atoms with Crippen LogP contribution in [0.1, 0.15) is 85.3 Å². The lowest BCUT2D eigenvalue weighted by molar-refractivity contribution is 0.460. The van der Waals surface area contributed by atoms with E-state index >= 15 is 0 Å². The summed E-state index contributed by atoms with van der Waals surface area (Å²) in [6.45, 7) is 17.3. The van der Waals surface area contributed by atoms with Gasteiger partial charge in [-0.2, -0.15) is 0 Å². The van der Waals surface area contributed by atoms with Gasteiger partial charge in [0.05, 0.1) is 0 Å². The van der Waals surface area contributed by atoms with E-state index < -0.39 is 0 Å². The summed E-state index contributed by atoms with van der Waals surface area (Å²) in [5.41, 5.74) is 2.60. The summed E-state index contributed by atoms with van der Waals surface area (Å²) in [4.78, 5) is 0. The van der Waals surface area contributed by atoms with Crippen molar-refractivity contribution >= 4 is 0 Å². The van der Waals surface area contributed by atoms with Gasteiger partial charge in [-0.05, 0) is 53.4 Å². The monoisotopic (exact) mass is 278 g/mol. The molecule has 1 aromatic rings. The average Bonchev–Trinajstić information content (AvgIpc) is 2.36. The van der Waals surface area contributed by atoms with Crippen molar-refractivity contribution in [2.24, 2.45) is 5.92 Å². The van der Waals surface area contributed by atoms with Crippen molar-refractivity contribution in [3.63, 3.8) is 0 Å². The highest BCUT2D eigenvalue weighted by atomic mass is 16.3. The number of rotatable bonds is 4. The van der Waals surface area contributed by atoms with Crippen LogP contribution in [0.25, 0.3) is 0 Å². The summed E-state index contributed by atoms with van der Waals surface area (Å²) >= 11 is 0. The van der Waals surface area contributed by atoms with E-state index in [-0.39, 0.29) is 5.41 Å². The van der Waals surface area contributed by atoms with Gasteiger partial charge in [0.2, 0.25) is 0 Å². The van der Waals surface area contributed by atoms with Crippen LogP contribution in [0.3, 0.4) is 0 Å². The maximum atomic E-state index is 9.94. The topological polar surface area (TPSA) is 20.2 Å². The molecule has 1 heteroatoms. The van der Waals surface area contributed by atoms with E-state index in [2.05, 4.69) is 47.6 Å². The first-order valence-electron chi connectivity index (χ1n) is 8.08. The number of hydrogen-bond donors (Lipinski definition) is 1. The Morgan fingerprint density at radius 2 is 1.60 bits per heavy atom. The first kappa shape index (κ1) is 19.0. The van der Waals surface area contributed by atoms with E-state index in [1.807, 2.05) is 26.0 Å². The fourth-order valence-corrected chi connectivity index (χ4v) is 2.41. The van der Waals surface area contributed by atoms with Crippen LogP contribution in [0, 0.1) is 5.92 Å². The van der Waals surface area contributed by atoms with Gasteiger partial charge in [0, 0.05) is 0 Å². The first-order valence-corrected chi connectivity index (χ1v) is 8.08. The highest BCUT2D eigenvalue weighted by molar-refractivity contribution is 5.38. The second-order valence-corrected chi connectivity index (χ2v) is 6.80. The van der Waals surface area contributed by atoms with Crippen molar-refractivity contribution in [3.05, 3.63) is 29.3 Å². The molecule has 0 aromatic heterocycles. The summed E-state index contributed by atoms with van der Waals surface area (Å²) in [6, 6.07) is 6.10. The van der Waals surface area contributed by atoms with Crippen LogP contribution >= 0.6 is 0 Å². The fraction of sp³-hybridized carbons (Fsp3) is 0.684. The van der Waals surface area contributed by atoms with Crippen LogP contribution in [0.5, 0.6) is 5.75 Å². The van der Waals surface area contributed by atoms with Crippen molar-refractivity contribution in [2.45, 2.75) is 79.6 Å². The van der Waals surface area contributed by atoms with Crippen molar-refractivity contribution in [1.29, 1.82) is 0 Å². The van der Waals surface area contributed by atoms with Crippen molar-refractivity contribution in [3.8, 4) is 5.75 Å². The molecule has 0 spiro atoms. The summed E-state index contributed by atoms with van der Waals surface area (Å²) in [5, 5.41) is 9.94. The van der Waals surface area contributed by atoms with E-state index in [4.69, 9.17) is 0 Å². The smallest absolute Gasteiger partial charge is 0.116 e. The van der Waals surface area contributed by atoms with Gasteiger partial charge < -0.3 is 5.11 Å². The summed E-state index contributed by atoms with van der Waals surface area (Å²) in [7, 11) is 0. The number of benzene rings is 1. The molecule has 1 N–H and O–H groups in total. The number of phenols is 1. The highest BCUT2D eigenvalue weighted by Crippen LogP contribution is 2.33. The van der Waals surface area contributed by atoms with E-state index in [1.54, 1.807) is 0 Å². The molecule has 1 rings (SSSR count). The second-order valence-electron chi connectivity index (χ2n) is 6.80. The van der Waals surface area contributed by atoms with E-state index in [1.165, 1.54) is 17.5 Å². The summed E-state index contributed by atoms with van der Waals surface area (Å²) in [5.74, 6) is 1.65. The van der Waals surface area contributed by atoms with Gasteiger partial charge in [0.1, 0.15) is 5.75 Å². The maximum Gasteiger partial charge on any atom is 0.116 e. The Bertz CT molecular complexity index is 385. The first-order chi connectivity index (χ1) is 9.24. The minimum atomic E-state index is 0.0869. The van der Waals surface area contributed by atoms with Gasteiger partial charge in [-0.15, -0.1) is 0 Å². The molecule has 0 fully saturated rings. The Kier molecular flexibility index (Phi) is 7.93. The van der Waals surface area contributed by atoms with Crippen LogP contribution in [0.15, 0.2) is 18.2 Å². The van der Waals surface area contributed by atoms with E-state index in [0.29, 0.717) is 17.6 Å². The van der Waals surface area contributed by atoms with Crippen molar-refractivity contribution in [2.75, 3.05) is 0 Å². The molecule has 1 aromatic carbocycles. The Morgan fingerprint density at radius 1 is 1.05 bits per heavy atom. The highest BCUT2D eigenvalue weighted by Gasteiger charge is 2.18. The van der Waals surface area contributed by atoms with Gasteiger partial charge in [-0.3, -0.25) is 0 Å². The lowest BCUT2D eigenvalue weighted by Gasteiger charge is -2.24. The minimum absolute atomic E-state index is 0.0869. The average molecular weight is 278 g/mol. The molecule has 0 bridgehead atoms. The standard InChI is InChI=1S/C17H28O.C2H6/c1-7-13(8-12(2)3)14-9-15(17(4,5)6)11-16(18)10-14;1-2/h9-13,18H,7-8H2,1-6H3;1-2H3. The third kappa shape index (κ3) is 5.98. The molecular weight excluding hydrogens is 244 g/mol. The van der Waals surface area contributed by atoms with Crippen LogP contribution in [0.4, 0.5) is 0 Å². The molecule has 0 amide bonds. The maximum absolute atomic E-state index is 9.94. The normalized spacial score (nSPS) is 12.8. The zero-order chi connectivity index (χ0) is 15.9. The Balaban J connectivity index is 0.00000172. The lowest BCUT2D eigenvalue weighted by atomic mass is 9.82. The van der Waals surface area contributed by atoms with Gasteiger partial charge in [0.15, 0.2) is 0 Å². The molecule has 0 heterocycles. The lowest BCUT2D eigenvalue weighted by Crippen LogP contribution is -2.12. The molecule has 0 saturated carbocycles. The third-order valence-corrected chi connectivity index (χ3v) is 3.53. The van der Waals surface area contributed by atoms with E-state index in [9.17, 15) is 5.11 Å². The van der Waals surface area contributed by atoms with Crippen LogP contribution < -0.4 is 0 Å². The largest absolute Gasteiger partial charge is 0.508 e. The molecule has 20 heavy (non-hydrogen) atoms. The predicted octanol–water partition coefficient (Wildman–Crippen LogP) is 6.26. The molecule has 0 radical (unpaired) electrons. The van der Waals surface area contributed by atoms with Crippen molar-refractivity contribution < 1.29 is 5.11 Å². The minimum Gasteiger partial charge on any atom is -0.508 e. The molecule has 116 valence electrons. The fourth-order valence-electron chi connectivity index (χ4n) is 2.41. The quantitative estimate of drug-likeness (QED) is 0.689. The van der Waals surface area contributed by atoms with Gasteiger partial charge in [0.25, 0.3) is 0 Å². The number of phenolic OH excluding ortho intramolecular Hbond substituents is 1. The Morgan fingerprint density at radius 3 is 2.00 bits per heavy atom. The molecule has 0 aliphatic carbocycles. The number of hydrogen-bond acceptors (Lipinski definition) is 1. The predicted molar refractivity (Wildman–Crippen MR) is 90.6 cm³/mol. The van der Waals surface area contributed by atoms with Gasteiger partial charge in [-0.25, -0.2) is 0 Å². The van der Waals surface area contributed by atoms with Gasteiger partial charge >= 0.3 is 0 Å². The van der Waals surface area contributed by atoms with Crippen LogP contribution in [0.2, 0.25) is 0 Å². The zero-order valence-corrected chi connectivity index (χ0v) is 14.7. The zero-order valence-electron chi connectivity index (χ0n) is 14.7. The molecule has 1 atom stereocenters. The molecular formula is C19H34O. The Labute approximate surface area is 126 Å². The summed E-state index contributed by atoms with van der Waals surface area (Å²) < 4.78 is 0. The molecule has 0 saturated heterocycles.